The molecular formula is C16H23Cl2N5O3. The Bertz CT molecular complexity index is 932. The molecule has 1 amide bonds. The highest BCUT2D eigenvalue weighted by Crippen LogP contribution is 2.29. The molecule has 2 aromatic heterocycles. The van der Waals surface area contributed by atoms with Gasteiger partial charge in [0.2, 0.25) is 0 Å². The molecule has 10 heteroatoms. The number of nitrogens with zero attached hydrogens (tertiary/aromatic N) is 3. The minimum atomic E-state index is -0.468. The first kappa shape index (κ1) is 22.1. The second kappa shape index (κ2) is 8.20. The molecule has 3 N–H and O–H groups in total. The van der Waals surface area contributed by atoms with Crippen molar-refractivity contribution in [3.8, 4) is 0 Å². The molecule has 3 rings (SSSR count). The summed E-state index contributed by atoms with van der Waals surface area (Å²) in [7, 11) is 2.94. The van der Waals surface area contributed by atoms with Gasteiger partial charge in [0.05, 0.1) is 16.5 Å². The Morgan fingerprint density at radius 2 is 1.85 bits per heavy atom. The molecular weight excluding hydrogens is 381 g/mol. The summed E-state index contributed by atoms with van der Waals surface area (Å²) < 4.78 is 2.29. The summed E-state index contributed by atoms with van der Waals surface area (Å²) in [5.41, 5.74) is 5.10. The maximum atomic E-state index is 12.6. The molecule has 2 aromatic rings. The summed E-state index contributed by atoms with van der Waals surface area (Å²) >= 11 is 0. The quantitative estimate of drug-likeness (QED) is 0.773. The number of amides is 1. The fourth-order valence-electron chi connectivity index (χ4n) is 3.33. The number of hydrogen-bond acceptors (Lipinski definition) is 5. The van der Waals surface area contributed by atoms with Gasteiger partial charge in [0.1, 0.15) is 5.65 Å². The van der Waals surface area contributed by atoms with E-state index in [0.29, 0.717) is 6.54 Å². The van der Waals surface area contributed by atoms with E-state index in [4.69, 9.17) is 5.73 Å². The van der Waals surface area contributed by atoms with Gasteiger partial charge in [-0.15, -0.1) is 24.8 Å². The Morgan fingerprint density at radius 3 is 2.42 bits per heavy atom. The van der Waals surface area contributed by atoms with Crippen LogP contribution in [0.3, 0.4) is 0 Å². The first-order valence-corrected chi connectivity index (χ1v) is 7.97. The molecule has 144 valence electrons. The standard InChI is InChI=1S/C16H21N5O3.2ClH/c1-20-12-11(14(23)21(2)15(20)24)7-10(8-18-12)13(22)19-16(9-17)5-3-4-6-16;;/h7-8H,3-6,9,17H2,1-2H3,(H,19,22);2*1H. The highest BCUT2D eigenvalue weighted by molar-refractivity contribution is 5.97. The monoisotopic (exact) mass is 403 g/mol. The molecule has 1 fully saturated rings. The van der Waals surface area contributed by atoms with Crippen LogP contribution in [0.2, 0.25) is 0 Å². The first-order chi connectivity index (χ1) is 11.4. The van der Waals surface area contributed by atoms with Crippen molar-refractivity contribution in [2.24, 2.45) is 19.8 Å². The second-order valence-electron chi connectivity index (χ2n) is 6.45. The predicted octanol–water partition coefficient (Wildman–Crippen LogP) is 0.477. The maximum Gasteiger partial charge on any atom is 0.332 e. The number of nitrogens with one attached hydrogen (secondary N) is 1. The molecule has 1 saturated carbocycles. The number of carbonyl (C=O) groups is 1. The zero-order valence-corrected chi connectivity index (χ0v) is 16.3. The van der Waals surface area contributed by atoms with Gasteiger partial charge in [-0.05, 0) is 18.9 Å². The zero-order valence-electron chi connectivity index (χ0n) is 14.7. The van der Waals surface area contributed by atoms with E-state index in [1.807, 2.05) is 0 Å². The molecule has 0 unspecified atom stereocenters. The Kier molecular flexibility index (Phi) is 6.98. The van der Waals surface area contributed by atoms with Crippen LogP contribution < -0.4 is 22.3 Å². The highest BCUT2D eigenvalue weighted by atomic mass is 35.5. The van der Waals surface area contributed by atoms with Gasteiger partial charge in [0.25, 0.3) is 11.5 Å². The summed E-state index contributed by atoms with van der Waals surface area (Å²) in [5, 5.41) is 3.24. The molecule has 0 atom stereocenters. The van der Waals surface area contributed by atoms with E-state index in [2.05, 4.69) is 10.3 Å². The second-order valence-corrected chi connectivity index (χ2v) is 6.45. The molecule has 2 heterocycles. The summed E-state index contributed by atoms with van der Waals surface area (Å²) in [6.07, 6.45) is 5.17. The van der Waals surface area contributed by atoms with Crippen LogP contribution in [0, 0.1) is 0 Å². The van der Waals surface area contributed by atoms with Gasteiger partial charge in [-0.3, -0.25) is 18.7 Å². The average molecular weight is 404 g/mol. The van der Waals surface area contributed by atoms with Gasteiger partial charge >= 0.3 is 5.69 Å². The molecule has 26 heavy (non-hydrogen) atoms. The Balaban J connectivity index is 0.00000169. The van der Waals surface area contributed by atoms with Gasteiger partial charge in [0, 0.05) is 26.8 Å². The van der Waals surface area contributed by atoms with Gasteiger partial charge in [0.15, 0.2) is 0 Å². The number of carbonyl (C=O) groups excluding carboxylic acids is 1. The number of halogens is 2. The third kappa shape index (κ3) is 3.62. The van der Waals surface area contributed by atoms with Gasteiger partial charge in [-0.2, -0.15) is 0 Å². The van der Waals surface area contributed by atoms with E-state index < -0.39 is 11.2 Å². The van der Waals surface area contributed by atoms with E-state index in [1.165, 1.54) is 23.9 Å². The van der Waals surface area contributed by atoms with E-state index in [1.54, 1.807) is 7.05 Å². The van der Waals surface area contributed by atoms with Crippen molar-refractivity contribution in [2.75, 3.05) is 6.54 Å². The molecule has 0 bridgehead atoms. The first-order valence-electron chi connectivity index (χ1n) is 7.97. The molecule has 0 aliphatic heterocycles. The Hall–Kier alpha value is -1.90. The number of hydrogen-bond donors (Lipinski definition) is 2. The molecule has 1 aliphatic rings. The van der Waals surface area contributed by atoms with Crippen LogP contribution in [0.5, 0.6) is 0 Å². The number of aryl methyl sites for hydroxylation is 1. The summed E-state index contributed by atoms with van der Waals surface area (Å²) in [4.78, 5) is 40.9. The molecule has 0 spiro atoms. The van der Waals surface area contributed by atoms with Crippen LogP contribution in [-0.4, -0.2) is 32.1 Å². The molecule has 0 radical (unpaired) electrons. The lowest BCUT2D eigenvalue weighted by Gasteiger charge is -2.28. The topological polar surface area (TPSA) is 112 Å². The normalized spacial score (nSPS) is 15.2. The summed E-state index contributed by atoms with van der Waals surface area (Å²) in [5.74, 6) is -0.298. The van der Waals surface area contributed by atoms with E-state index in [0.717, 1.165) is 30.3 Å². The van der Waals surface area contributed by atoms with E-state index >= 15 is 0 Å². The third-order valence-electron chi connectivity index (χ3n) is 4.89. The van der Waals surface area contributed by atoms with Crippen molar-refractivity contribution in [3.63, 3.8) is 0 Å². The minimum Gasteiger partial charge on any atom is -0.345 e. The number of fused-ring (bicyclic) bond motifs is 1. The lowest BCUT2D eigenvalue weighted by Crippen LogP contribution is -2.51. The van der Waals surface area contributed by atoms with Crippen molar-refractivity contribution in [1.82, 2.24) is 19.4 Å². The maximum absolute atomic E-state index is 12.6. The highest BCUT2D eigenvalue weighted by Gasteiger charge is 2.34. The van der Waals surface area contributed by atoms with Crippen LogP contribution in [-0.2, 0) is 14.1 Å². The number of rotatable bonds is 3. The van der Waals surface area contributed by atoms with Gasteiger partial charge < -0.3 is 11.1 Å². The third-order valence-corrected chi connectivity index (χ3v) is 4.89. The Morgan fingerprint density at radius 1 is 1.23 bits per heavy atom. The minimum absolute atomic E-state index is 0. The van der Waals surface area contributed by atoms with E-state index in [9.17, 15) is 14.4 Å². The lowest BCUT2D eigenvalue weighted by molar-refractivity contribution is 0.0903. The fraction of sp³-hybridized carbons (Fsp3) is 0.500. The van der Waals surface area contributed by atoms with E-state index in [-0.39, 0.29) is 52.9 Å². The SMILES string of the molecule is Cl.Cl.Cn1c(=O)c2cc(C(=O)NC3(CN)CCCC3)cnc2n(C)c1=O. The van der Waals surface area contributed by atoms with Crippen LogP contribution >= 0.6 is 24.8 Å². The van der Waals surface area contributed by atoms with Gasteiger partial charge in [-0.25, -0.2) is 9.78 Å². The number of nitrogens with two attached hydrogens (primary N) is 1. The predicted molar refractivity (Wildman–Crippen MR) is 104 cm³/mol. The van der Waals surface area contributed by atoms with Crippen LogP contribution in [0.4, 0.5) is 0 Å². The number of pyridine rings is 1. The molecule has 8 nitrogen and oxygen atoms in total. The smallest absolute Gasteiger partial charge is 0.332 e. The van der Waals surface area contributed by atoms with Crippen molar-refractivity contribution in [3.05, 3.63) is 38.7 Å². The van der Waals surface area contributed by atoms with Gasteiger partial charge in [-0.1, -0.05) is 12.8 Å². The summed E-state index contributed by atoms with van der Waals surface area (Å²) in [6, 6.07) is 1.48. The Labute approximate surface area is 162 Å². The molecule has 1 aliphatic carbocycles. The molecule has 0 saturated heterocycles. The zero-order chi connectivity index (χ0) is 17.5. The fourth-order valence-corrected chi connectivity index (χ4v) is 3.33. The molecule has 0 aromatic carbocycles. The van der Waals surface area contributed by atoms with Crippen LogP contribution in [0.25, 0.3) is 11.0 Å². The van der Waals surface area contributed by atoms with Crippen molar-refractivity contribution >= 4 is 41.8 Å². The van der Waals surface area contributed by atoms with Crippen LogP contribution in [0.15, 0.2) is 21.9 Å². The van der Waals surface area contributed by atoms with Crippen LogP contribution in [0.1, 0.15) is 36.0 Å². The van der Waals surface area contributed by atoms with Crippen molar-refractivity contribution < 1.29 is 4.79 Å². The van der Waals surface area contributed by atoms with Crippen molar-refractivity contribution in [2.45, 2.75) is 31.2 Å². The largest absolute Gasteiger partial charge is 0.345 e. The lowest BCUT2D eigenvalue weighted by atomic mass is 9.97. The number of aromatic nitrogens is 3. The van der Waals surface area contributed by atoms with Crippen molar-refractivity contribution in [1.29, 1.82) is 0 Å². The average Bonchev–Trinajstić information content (AvgIpc) is 3.06. The summed E-state index contributed by atoms with van der Waals surface area (Å²) in [6.45, 7) is 0.385.